The fourth-order valence-corrected chi connectivity index (χ4v) is 1.56. The molecule has 1 N–H and O–H groups in total. The summed E-state index contributed by atoms with van der Waals surface area (Å²) in [6.45, 7) is 1.73. The smallest absolute Gasteiger partial charge is 0.302 e. The van der Waals surface area contributed by atoms with Gasteiger partial charge in [0.1, 0.15) is 6.61 Å². The molecule has 1 aliphatic rings. The summed E-state index contributed by atoms with van der Waals surface area (Å²) in [7, 11) is 0. The zero-order chi connectivity index (χ0) is 12.5. The molecule has 1 saturated carbocycles. The summed E-state index contributed by atoms with van der Waals surface area (Å²) in [5.41, 5.74) is 0. The first-order valence-corrected chi connectivity index (χ1v) is 5.88. The summed E-state index contributed by atoms with van der Waals surface area (Å²) in [5.74, 6) is 0.718. The lowest BCUT2D eigenvalue weighted by molar-refractivity contribution is -0.139. The van der Waals surface area contributed by atoms with Crippen LogP contribution in [0.25, 0.3) is 0 Å². The fourth-order valence-electron chi connectivity index (χ4n) is 1.56. The van der Waals surface area contributed by atoms with E-state index in [2.05, 4.69) is 0 Å². The molecular formula is C14H19O3. The molecule has 0 aromatic heterocycles. The van der Waals surface area contributed by atoms with Gasteiger partial charge in [-0.2, -0.15) is 0 Å². The first kappa shape index (κ1) is 14.2. The molecule has 0 aromatic rings. The molecule has 17 heavy (non-hydrogen) atoms. The summed E-state index contributed by atoms with van der Waals surface area (Å²) in [6, 6.07) is 0. The van der Waals surface area contributed by atoms with Crippen LogP contribution in [0.5, 0.6) is 0 Å². The highest BCUT2D eigenvalue weighted by Gasteiger charge is 2.23. The number of unbranched alkanes of at least 4 members (excludes halogenated alkanes) is 1. The van der Waals surface area contributed by atoms with Crippen molar-refractivity contribution in [1.29, 1.82) is 0 Å². The number of rotatable bonds is 7. The zero-order valence-corrected chi connectivity index (χ0v) is 10.1. The number of carbonyl (C=O) groups excluding carboxylic acids is 1. The Morgan fingerprint density at radius 3 is 2.76 bits per heavy atom. The van der Waals surface area contributed by atoms with E-state index >= 15 is 0 Å². The van der Waals surface area contributed by atoms with Crippen molar-refractivity contribution in [3.05, 3.63) is 43.8 Å². The molecule has 0 aromatic carbocycles. The van der Waals surface area contributed by atoms with Crippen LogP contribution >= 0.6 is 0 Å². The van der Waals surface area contributed by atoms with Gasteiger partial charge < -0.3 is 9.84 Å². The molecule has 1 fully saturated rings. The Labute approximate surface area is 104 Å². The van der Waals surface area contributed by atoms with E-state index in [0.29, 0.717) is 6.61 Å². The second-order valence-corrected chi connectivity index (χ2v) is 3.94. The molecule has 0 heterocycles. The van der Waals surface area contributed by atoms with Gasteiger partial charge in [0, 0.05) is 12.8 Å². The highest BCUT2D eigenvalue weighted by molar-refractivity contribution is 5.65. The van der Waals surface area contributed by atoms with E-state index < -0.39 is 0 Å². The minimum Gasteiger partial charge on any atom is -0.462 e. The number of esters is 1. The lowest BCUT2D eigenvalue weighted by Crippen LogP contribution is -2.15. The largest absolute Gasteiger partial charge is 0.462 e. The number of ether oxygens (including phenoxy) is 1. The minimum absolute atomic E-state index is 0.263. The summed E-state index contributed by atoms with van der Waals surface area (Å²) >= 11 is 0. The van der Waals surface area contributed by atoms with E-state index in [-0.39, 0.29) is 12.1 Å². The van der Waals surface area contributed by atoms with Gasteiger partial charge in [0.15, 0.2) is 0 Å². The molecule has 1 aliphatic carbocycles. The van der Waals surface area contributed by atoms with Crippen molar-refractivity contribution < 1.29 is 14.6 Å². The van der Waals surface area contributed by atoms with Crippen molar-refractivity contribution in [3.8, 4) is 0 Å². The second kappa shape index (κ2) is 8.29. The van der Waals surface area contributed by atoms with Crippen molar-refractivity contribution >= 4 is 5.97 Å². The summed E-state index contributed by atoms with van der Waals surface area (Å²) in [4.78, 5) is 10.5. The lowest BCUT2D eigenvalue weighted by Gasteiger charge is -2.15. The molecule has 1 rings (SSSR count). The Balaban J connectivity index is 1.97. The topological polar surface area (TPSA) is 46.5 Å². The van der Waals surface area contributed by atoms with Gasteiger partial charge in [0.2, 0.25) is 0 Å². The predicted octanol–water partition coefficient (Wildman–Crippen LogP) is 2.04. The summed E-state index contributed by atoms with van der Waals surface area (Å²) < 4.78 is 4.75. The van der Waals surface area contributed by atoms with Crippen LogP contribution in [0.4, 0.5) is 0 Å². The second-order valence-electron chi connectivity index (χ2n) is 3.94. The number of aliphatic hydroxyl groups excluding tert-OH is 1. The molecule has 3 heteroatoms. The van der Waals surface area contributed by atoms with Crippen LogP contribution in [0.3, 0.4) is 0 Å². The maximum atomic E-state index is 10.5. The minimum atomic E-state index is -0.369. The number of hydrogen-bond donors (Lipinski definition) is 1. The van der Waals surface area contributed by atoms with Gasteiger partial charge in [0.25, 0.3) is 0 Å². The quantitative estimate of drug-likeness (QED) is 0.417. The first-order valence-electron chi connectivity index (χ1n) is 5.88. The summed E-state index contributed by atoms with van der Waals surface area (Å²) in [5, 5.41) is 9.79. The lowest BCUT2D eigenvalue weighted by atomic mass is 9.96. The average Bonchev–Trinajstić information content (AvgIpc) is 2.80. The van der Waals surface area contributed by atoms with Gasteiger partial charge in [-0.15, -0.1) is 0 Å². The van der Waals surface area contributed by atoms with Crippen LogP contribution in [-0.2, 0) is 9.53 Å². The average molecular weight is 235 g/mol. The number of hydrogen-bond acceptors (Lipinski definition) is 3. The van der Waals surface area contributed by atoms with E-state index in [1.54, 1.807) is 0 Å². The van der Waals surface area contributed by atoms with Crippen LogP contribution in [-0.4, -0.2) is 23.8 Å². The van der Waals surface area contributed by atoms with Crippen LogP contribution < -0.4 is 0 Å². The molecule has 0 saturated heterocycles. The van der Waals surface area contributed by atoms with Gasteiger partial charge >= 0.3 is 5.97 Å². The van der Waals surface area contributed by atoms with E-state index in [1.165, 1.54) is 6.92 Å². The molecule has 93 valence electrons. The van der Waals surface area contributed by atoms with Gasteiger partial charge in [-0.05, 0) is 44.9 Å². The molecule has 0 bridgehead atoms. The Bertz CT molecular complexity index is 242. The maximum Gasteiger partial charge on any atom is 0.302 e. The zero-order valence-electron chi connectivity index (χ0n) is 10.1. The van der Waals surface area contributed by atoms with E-state index in [4.69, 9.17) is 4.74 Å². The van der Waals surface area contributed by atoms with E-state index in [1.807, 2.05) is 37.8 Å². The van der Waals surface area contributed by atoms with Crippen LogP contribution in [0.2, 0.25) is 0 Å². The van der Waals surface area contributed by atoms with Gasteiger partial charge in [-0.1, -0.05) is 12.2 Å². The predicted molar refractivity (Wildman–Crippen MR) is 66.1 cm³/mol. The van der Waals surface area contributed by atoms with Crippen molar-refractivity contribution in [2.75, 3.05) is 6.61 Å². The van der Waals surface area contributed by atoms with Gasteiger partial charge in [-0.3, -0.25) is 4.79 Å². The highest BCUT2D eigenvalue weighted by atomic mass is 16.5. The molecule has 0 aliphatic heterocycles. The Hall–Kier alpha value is -0.830. The fraction of sp³-hybridized carbons (Fsp3) is 0.429. The van der Waals surface area contributed by atoms with E-state index in [0.717, 1.165) is 25.2 Å². The van der Waals surface area contributed by atoms with Crippen LogP contribution in [0.1, 0.15) is 26.2 Å². The standard InChI is InChI=1S/C14H19O3/c1-12(15)17-11-7-3-2-4-10-14(16)13-8-5-6-9-13/h3,5-9,14,16H,2,4,10-11H2,1H3/b7-3+. The maximum absolute atomic E-state index is 10.5. The third kappa shape index (κ3) is 6.47. The number of allylic oxidation sites excluding steroid dienone is 1. The van der Waals surface area contributed by atoms with Crippen LogP contribution in [0.15, 0.2) is 12.2 Å². The van der Waals surface area contributed by atoms with E-state index in [9.17, 15) is 9.90 Å². The van der Waals surface area contributed by atoms with Crippen molar-refractivity contribution in [1.82, 2.24) is 0 Å². The first-order chi connectivity index (χ1) is 8.20. The Morgan fingerprint density at radius 2 is 2.12 bits per heavy atom. The third-order valence-electron chi connectivity index (χ3n) is 2.47. The van der Waals surface area contributed by atoms with Crippen molar-refractivity contribution in [3.63, 3.8) is 0 Å². The molecular weight excluding hydrogens is 216 g/mol. The SMILES string of the molecule is CC(=O)OC/C=C/CCCC(O)[C]1[CH][CH][CH][CH]1. The van der Waals surface area contributed by atoms with Crippen molar-refractivity contribution in [2.24, 2.45) is 0 Å². The molecule has 1 atom stereocenters. The molecule has 3 nitrogen and oxygen atoms in total. The molecule has 0 spiro atoms. The van der Waals surface area contributed by atoms with Crippen LogP contribution in [0, 0.1) is 31.6 Å². The number of carbonyl (C=O) groups is 1. The van der Waals surface area contributed by atoms with Gasteiger partial charge in [0.05, 0.1) is 6.10 Å². The normalized spacial score (nSPS) is 18.7. The number of aliphatic hydroxyl groups is 1. The Morgan fingerprint density at radius 1 is 1.41 bits per heavy atom. The van der Waals surface area contributed by atoms with Gasteiger partial charge in [-0.25, -0.2) is 0 Å². The Kier molecular flexibility index (Phi) is 6.94. The summed E-state index contributed by atoms with van der Waals surface area (Å²) in [6.07, 6.45) is 13.7. The molecule has 1 unspecified atom stereocenters. The van der Waals surface area contributed by atoms with Crippen molar-refractivity contribution in [2.45, 2.75) is 32.3 Å². The molecule has 0 amide bonds. The third-order valence-corrected chi connectivity index (χ3v) is 2.47. The highest BCUT2D eigenvalue weighted by Crippen LogP contribution is 2.28. The monoisotopic (exact) mass is 235 g/mol. The molecule has 5 radical (unpaired) electrons.